The number of rotatable bonds is 6. The fourth-order valence-electron chi connectivity index (χ4n) is 3.09. The Morgan fingerprint density at radius 2 is 2.19 bits per heavy atom. The van der Waals surface area contributed by atoms with E-state index in [2.05, 4.69) is 0 Å². The predicted octanol–water partition coefficient (Wildman–Crippen LogP) is 2.03. The van der Waals surface area contributed by atoms with Crippen LogP contribution in [0.1, 0.15) is 22.5 Å². The first kappa shape index (κ1) is 18.9. The maximum atomic E-state index is 13.1. The zero-order valence-corrected chi connectivity index (χ0v) is 15.3. The number of nitro groups is 1. The molecule has 10 heteroatoms. The van der Waals surface area contributed by atoms with Gasteiger partial charge in [0.2, 0.25) is 0 Å². The molecule has 0 bridgehead atoms. The number of amides is 1. The van der Waals surface area contributed by atoms with Crippen LogP contribution >= 0.6 is 0 Å². The highest BCUT2D eigenvalue weighted by atomic mass is 32.2. The maximum absolute atomic E-state index is 13.1. The fraction of sp³-hybridized carbons (Fsp3) is 0.353. The van der Waals surface area contributed by atoms with Crippen LogP contribution in [0.2, 0.25) is 0 Å². The van der Waals surface area contributed by atoms with E-state index < -0.39 is 26.7 Å². The Bertz CT molecular complexity index is 954. The quantitative estimate of drug-likeness (QED) is 0.543. The molecule has 2 heterocycles. The Labute approximate surface area is 155 Å². The van der Waals surface area contributed by atoms with Gasteiger partial charge in [-0.1, -0.05) is 0 Å². The number of carbonyl (C=O) groups is 1. The summed E-state index contributed by atoms with van der Waals surface area (Å²) in [6.45, 7) is 0.0752. The van der Waals surface area contributed by atoms with E-state index >= 15 is 0 Å². The van der Waals surface area contributed by atoms with Crippen molar-refractivity contribution in [1.29, 1.82) is 0 Å². The van der Waals surface area contributed by atoms with Crippen molar-refractivity contribution in [1.82, 2.24) is 4.90 Å². The maximum Gasteiger partial charge on any atom is 0.311 e. The second-order valence-electron chi connectivity index (χ2n) is 6.21. The third kappa shape index (κ3) is 4.11. The summed E-state index contributed by atoms with van der Waals surface area (Å²) in [5.74, 6) is -0.104. The zero-order chi connectivity index (χ0) is 19.6. The van der Waals surface area contributed by atoms with Crippen LogP contribution < -0.4 is 4.74 Å². The standard InChI is InChI=1S/C17H18N2O7S/c1-25-16-5-4-12(9-15(16)19(21)22)17(20)18(10-14-3-2-7-26-14)13-6-8-27(23,24)11-13/h2-5,7,9,13H,6,8,10-11H2,1H3/t13-/m0/s1. The molecule has 1 aliphatic heterocycles. The lowest BCUT2D eigenvalue weighted by molar-refractivity contribution is -0.385. The van der Waals surface area contributed by atoms with Gasteiger partial charge in [-0.2, -0.15) is 0 Å². The number of hydrogen-bond donors (Lipinski definition) is 0. The molecule has 3 rings (SSSR count). The first-order chi connectivity index (χ1) is 12.8. The van der Waals surface area contributed by atoms with Crippen LogP contribution in [0.25, 0.3) is 0 Å². The molecule has 1 aromatic carbocycles. The van der Waals surface area contributed by atoms with E-state index in [9.17, 15) is 23.3 Å². The largest absolute Gasteiger partial charge is 0.490 e. The molecule has 0 spiro atoms. The van der Waals surface area contributed by atoms with E-state index in [4.69, 9.17) is 9.15 Å². The van der Waals surface area contributed by atoms with Gasteiger partial charge in [0.05, 0.1) is 36.3 Å². The van der Waals surface area contributed by atoms with Gasteiger partial charge < -0.3 is 14.1 Å². The Hall–Kier alpha value is -2.88. The van der Waals surface area contributed by atoms with Gasteiger partial charge in [-0.3, -0.25) is 14.9 Å². The van der Waals surface area contributed by atoms with Gasteiger partial charge in [0.25, 0.3) is 5.91 Å². The highest BCUT2D eigenvalue weighted by Gasteiger charge is 2.36. The average molecular weight is 394 g/mol. The molecule has 0 N–H and O–H groups in total. The second-order valence-corrected chi connectivity index (χ2v) is 8.44. The van der Waals surface area contributed by atoms with E-state index in [1.165, 1.54) is 30.4 Å². The first-order valence-corrected chi connectivity index (χ1v) is 9.99. The number of carbonyl (C=O) groups excluding carboxylic acids is 1. The van der Waals surface area contributed by atoms with Gasteiger partial charge in [-0.05, 0) is 30.7 Å². The number of benzene rings is 1. The minimum atomic E-state index is -3.22. The van der Waals surface area contributed by atoms with E-state index in [-0.39, 0.29) is 35.1 Å². The van der Waals surface area contributed by atoms with Gasteiger partial charge in [0.15, 0.2) is 15.6 Å². The molecule has 144 valence electrons. The normalized spacial score (nSPS) is 18.2. The molecule has 1 atom stereocenters. The van der Waals surface area contributed by atoms with E-state index in [1.807, 2.05) is 0 Å². The summed E-state index contributed by atoms with van der Waals surface area (Å²) in [5.41, 5.74) is -0.251. The van der Waals surface area contributed by atoms with E-state index in [0.717, 1.165) is 6.07 Å². The molecule has 1 fully saturated rings. The molecule has 0 radical (unpaired) electrons. The highest BCUT2D eigenvalue weighted by molar-refractivity contribution is 7.91. The van der Waals surface area contributed by atoms with Crippen molar-refractivity contribution in [3.63, 3.8) is 0 Å². The topological polar surface area (TPSA) is 120 Å². The van der Waals surface area contributed by atoms with Crippen LogP contribution in [-0.4, -0.2) is 48.8 Å². The number of ether oxygens (including phenoxy) is 1. The summed E-state index contributed by atoms with van der Waals surface area (Å²) in [4.78, 5) is 25.1. The van der Waals surface area contributed by atoms with Crippen molar-refractivity contribution in [3.05, 3.63) is 58.0 Å². The Morgan fingerprint density at radius 1 is 1.41 bits per heavy atom. The minimum Gasteiger partial charge on any atom is -0.490 e. The third-order valence-electron chi connectivity index (χ3n) is 4.44. The van der Waals surface area contributed by atoms with Crippen LogP contribution in [0.5, 0.6) is 5.75 Å². The van der Waals surface area contributed by atoms with Gasteiger partial charge >= 0.3 is 5.69 Å². The summed E-state index contributed by atoms with van der Waals surface area (Å²) in [6, 6.07) is 6.74. The second kappa shape index (κ2) is 7.39. The smallest absolute Gasteiger partial charge is 0.311 e. The zero-order valence-electron chi connectivity index (χ0n) is 14.5. The molecule has 0 aliphatic carbocycles. The SMILES string of the molecule is COc1ccc(C(=O)N(Cc2ccco2)[C@H]2CCS(=O)(=O)C2)cc1[N+](=O)[O-]. The molecule has 27 heavy (non-hydrogen) atoms. The lowest BCUT2D eigenvalue weighted by Gasteiger charge is -2.27. The number of furan rings is 1. The summed E-state index contributed by atoms with van der Waals surface area (Å²) < 4.78 is 34.0. The van der Waals surface area contributed by atoms with E-state index in [1.54, 1.807) is 12.1 Å². The number of hydrogen-bond acceptors (Lipinski definition) is 7. The molecule has 1 aliphatic rings. The lowest BCUT2D eigenvalue weighted by Crippen LogP contribution is -2.40. The summed E-state index contributed by atoms with van der Waals surface area (Å²) >= 11 is 0. The van der Waals surface area contributed by atoms with Gasteiger partial charge in [-0.25, -0.2) is 8.42 Å². The monoisotopic (exact) mass is 394 g/mol. The van der Waals surface area contributed by atoms with Gasteiger partial charge in [0, 0.05) is 17.7 Å². The van der Waals surface area contributed by atoms with Crippen molar-refractivity contribution in [3.8, 4) is 5.75 Å². The minimum absolute atomic E-state index is 0.00234. The summed E-state index contributed by atoms with van der Waals surface area (Å²) in [7, 11) is -1.92. The Balaban J connectivity index is 1.95. The highest BCUT2D eigenvalue weighted by Crippen LogP contribution is 2.29. The van der Waals surface area contributed by atoms with Crippen molar-refractivity contribution in [2.24, 2.45) is 0 Å². The third-order valence-corrected chi connectivity index (χ3v) is 6.19. The molecule has 9 nitrogen and oxygen atoms in total. The molecule has 0 saturated carbocycles. The number of nitrogens with zero attached hydrogens (tertiary/aromatic N) is 2. The molecular weight excluding hydrogens is 376 g/mol. The van der Waals surface area contributed by atoms with Gasteiger partial charge in [0.1, 0.15) is 5.76 Å². The summed E-state index contributed by atoms with van der Waals surface area (Å²) in [6.07, 6.45) is 1.77. The van der Waals surface area contributed by atoms with Crippen LogP contribution in [0.4, 0.5) is 5.69 Å². The van der Waals surface area contributed by atoms with Crippen LogP contribution in [-0.2, 0) is 16.4 Å². The van der Waals surface area contributed by atoms with Crippen molar-refractivity contribution in [2.75, 3.05) is 18.6 Å². The molecular formula is C17H18N2O7S. The van der Waals surface area contributed by atoms with Crippen LogP contribution in [0.3, 0.4) is 0 Å². The predicted molar refractivity (Wildman–Crippen MR) is 95.3 cm³/mol. The number of methoxy groups -OCH3 is 1. The molecule has 2 aromatic rings. The number of nitro benzene ring substituents is 1. The van der Waals surface area contributed by atoms with Crippen LogP contribution in [0, 0.1) is 10.1 Å². The van der Waals surface area contributed by atoms with Crippen molar-refractivity contribution < 1.29 is 27.3 Å². The molecule has 1 aromatic heterocycles. The van der Waals surface area contributed by atoms with Crippen molar-refractivity contribution in [2.45, 2.75) is 19.0 Å². The first-order valence-electron chi connectivity index (χ1n) is 8.17. The Morgan fingerprint density at radius 3 is 2.74 bits per heavy atom. The molecule has 1 saturated heterocycles. The lowest BCUT2D eigenvalue weighted by atomic mass is 10.1. The van der Waals surface area contributed by atoms with Crippen molar-refractivity contribution >= 4 is 21.4 Å². The molecule has 0 unspecified atom stereocenters. The van der Waals surface area contributed by atoms with E-state index in [0.29, 0.717) is 12.2 Å². The number of sulfone groups is 1. The van der Waals surface area contributed by atoms with Crippen LogP contribution in [0.15, 0.2) is 41.0 Å². The Kier molecular flexibility index (Phi) is 5.17. The summed E-state index contributed by atoms with van der Waals surface area (Å²) in [5, 5.41) is 11.2. The molecule has 1 amide bonds. The fourth-order valence-corrected chi connectivity index (χ4v) is 4.82. The average Bonchev–Trinajstić information content (AvgIpc) is 3.27. The van der Waals surface area contributed by atoms with Gasteiger partial charge in [-0.15, -0.1) is 0 Å².